The highest BCUT2D eigenvalue weighted by atomic mass is 16.6. The Kier molecular flexibility index (Phi) is 5.96. The number of ether oxygens (including phenoxy) is 1. The summed E-state index contributed by atoms with van der Waals surface area (Å²) in [4.78, 5) is 5.03. The van der Waals surface area contributed by atoms with Crippen molar-refractivity contribution in [2.75, 3.05) is 13.2 Å². The summed E-state index contributed by atoms with van der Waals surface area (Å²) in [6.07, 6.45) is 5.27. The molecule has 0 aliphatic rings. The number of rotatable bonds is 6. The molecule has 0 atom stereocenters. The molecular weight excluding hydrogens is 226 g/mol. The minimum absolute atomic E-state index is 0.147. The van der Waals surface area contributed by atoms with E-state index >= 15 is 0 Å². The molecule has 0 saturated heterocycles. The molecule has 0 radical (unpaired) electrons. The Bertz CT molecular complexity index is 427. The van der Waals surface area contributed by atoms with Crippen LogP contribution in [0.15, 0.2) is 29.4 Å². The standard InChI is InChI=1S/C15H19NO2/c1-5-10-18-16-15(11-17-12(2)3)14-8-6-13(4)7-9-14/h1,6-9,12H,10-11H2,2-4H3/b16-15+. The van der Waals surface area contributed by atoms with Crippen LogP contribution in [0.3, 0.4) is 0 Å². The molecule has 0 spiro atoms. The van der Waals surface area contributed by atoms with Crippen molar-refractivity contribution in [2.45, 2.75) is 26.9 Å². The van der Waals surface area contributed by atoms with Crippen molar-refractivity contribution in [3.8, 4) is 12.3 Å². The minimum Gasteiger partial charge on any atom is -0.382 e. The molecule has 1 aromatic rings. The van der Waals surface area contributed by atoms with E-state index in [9.17, 15) is 0 Å². The molecular formula is C15H19NO2. The van der Waals surface area contributed by atoms with Crippen molar-refractivity contribution in [2.24, 2.45) is 5.16 Å². The maximum Gasteiger partial charge on any atom is 0.177 e. The zero-order chi connectivity index (χ0) is 13.4. The van der Waals surface area contributed by atoms with E-state index in [0.29, 0.717) is 6.61 Å². The molecule has 1 aromatic carbocycles. The molecule has 0 bridgehead atoms. The van der Waals surface area contributed by atoms with Crippen LogP contribution in [0.1, 0.15) is 25.0 Å². The van der Waals surface area contributed by atoms with Gasteiger partial charge in [0.1, 0.15) is 5.71 Å². The average Bonchev–Trinajstić information content (AvgIpc) is 2.34. The Balaban J connectivity index is 2.79. The first-order valence-corrected chi connectivity index (χ1v) is 5.94. The summed E-state index contributed by atoms with van der Waals surface area (Å²) in [7, 11) is 0. The van der Waals surface area contributed by atoms with Gasteiger partial charge in [-0.1, -0.05) is 40.9 Å². The van der Waals surface area contributed by atoms with Gasteiger partial charge in [0.15, 0.2) is 6.61 Å². The summed E-state index contributed by atoms with van der Waals surface area (Å²) in [6, 6.07) is 8.05. The van der Waals surface area contributed by atoms with Crippen LogP contribution in [0.25, 0.3) is 0 Å². The first kappa shape index (κ1) is 14.3. The fraction of sp³-hybridized carbons (Fsp3) is 0.400. The maximum atomic E-state index is 5.56. The van der Waals surface area contributed by atoms with Crippen LogP contribution in [0.4, 0.5) is 0 Å². The smallest absolute Gasteiger partial charge is 0.177 e. The van der Waals surface area contributed by atoms with Gasteiger partial charge < -0.3 is 9.57 Å². The van der Waals surface area contributed by atoms with Crippen LogP contribution in [-0.2, 0) is 9.57 Å². The zero-order valence-electron chi connectivity index (χ0n) is 11.1. The van der Waals surface area contributed by atoms with Crippen molar-refractivity contribution in [3.63, 3.8) is 0 Å². The summed E-state index contributed by atoms with van der Waals surface area (Å²) in [5.74, 6) is 2.38. The number of oxime groups is 1. The highest BCUT2D eigenvalue weighted by molar-refractivity contribution is 6.01. The van der Waals surface area contributed by atoms with E-state index in [2.05, 4.69) is 11.1 Å². The van der Waals surface area contributed by atoms with E-state index in [-0.39, 0.29) is 12.7 Å². The SMILES string of the molecule is C#CCO/N=C(\COC(C)C)c1ccc(C)cc1. The zero-order valence-corrected chi connectivity index (χ0v) is 11.1. The van der Waals surface area contributed by atoms with Crippen molar-refractivity contribution in [3.05, 3.63) is 35.4 Å². The monoisotopic (exact) mass is 245 g/mol. The van der Waals surface area contributed by atoms with Crippen molar-refractivity contribution in [1.82, 2.24) is 0 Å². The lowest BCUT2D eigenvalue weighted by Crippen LogP contribution is -2.15. The van der Waals surface area contributed by atoms with E-state index < -0.39 is 0 Å². The van der Waals surface area contributed by atoms with Gasteiger partial charge in [0.05, 0.1) is 12.7 Å². The first-order valence-electron chi connectivity index (χ1n) is 5.94. The average molecular weight is 245 g/mol. The van der Waals surface area contributed by atoms with Crippen LogP contribution in [0.5, 0.6) is 0 Å². The Morgan fingerprint density at radius 1 is 1.33 bits per heavy atom. The molecule has 0 N–H and O–H groups in total. The van der Waals surface area contributed by atoms with Gasteiger partial charge in [-0.2, -0.15) is 0 Å². The molecule has 18 heavy (non-hydrogen) atoms. The van der Waals surface area contributed by atoms with Gasteiger partial charge in [0.25, 0.3) is 0 Å². The number of hydrogen-bond acceptors (Lipinski definition) is 3. The molecule has 0 unspecified atom stereocenters. The van der Waals surface area contributed by atoms with Crippen LogP contribution >= 0.6 is 0 Å². The Hall–Kier alpha value is -1.79. The normalized spacial score (nSPS) is 11.4. The van der Waals surface area contributed by atoms with Gasteiger partial charge in [-0.25, -0.2) is 0 Å². The van der Waals surface area contributed by atoms with Crippen LogP contribution < -0.4 is 0 Å². The summed E-state index contributed by atoms with van der Waals surface area (Å²) in [5, 5.41) is 4.03. The topological polar surface area (TPSA) is 30.8 Å². The molecule has 3 nitrogen and oxygen atoms in total. The third-order valence-corrected chi connectivity index (χ3v) is 2.26. The third-order valence-electron chi connectivity index (χ3n) is 2.26. The molecule has 0 heterocycles. The Labute approximate surface area is 109 Å². The van der Waals surface area contributed by atoms with E-state index in [0.717, 1.165) is 11.3 Å². The molecule has 0 saturated carbocycles. The van der Waals surface area contributed by atoms with E-state index in [4.69, 9.17) is 16.0 Å². The van der Waals surface area contributed by atoms with Gasteiger partial charge in [0, 0.05) is 5.56 Å². The molecule has 0 aliphatic heterocycles. The number of benzene rings is 1. The molecule has 0 aliphatic carbocycles. The second-order valence-electron chi connectivity index (χ2n) is 4.24. The van der Waals surface area contributed by atoms with Gasteiger partial charge in [-0.15, -0.1) is 6.42 Å². The fourth-order valence-corrected chi connectivity index (χ4v) is 1.30. The summed E-state index contributed by atoms with van der Waals surface area (Å²) >= 11 is 0. The highest BCUT2D eigenvalue weighted by Gasteiger charge is 2.06. The fourth-order valence-electron chi connectivity index (χ4n) is 1.30. The predicted octanol–water partition coefficient (Wildman–Crippen LogP) is 2.77. The van der Waals surface area contributed by atoms with Gasteiger partial charge in [0.2, 0.25) is 0 Å². The quantitative estimate of drug-likeness (QED) is 0.334. The van der Waals surface area contributed by atoms with Crippen molar-refractivity contribution in [1.29, 1.82) is 0 Å². The van der Waals surface area contributed by atoms with E-state index in [1.54, 1.807) is 0 Å². The van der Waals surface area contributed by atoms with Crippen LogP contribution in [-0.4, -0.2) is 25.0 Å². The molecule has 96 valence electrons. The summed E-state index contributed by atoms with van der Waals surface area (Å²) in [6.45, 7) is 6.58. The predicted molar refractivity (Wildman–Crippen MR) is 73.6 cm³/mol. The summed E-state index contributed by atoms with van der Waals surface area (Å²) in [5.41, 5.74) is 2.93. The largest absolute Gasteiger partial charge is 0.382 e. The highest BCUT2D eigenvalue weighted by Crippen LogP contribution is 2.06. The van der Waals surface area contributed by atoms with Crippen LogP contribution in [0.2, 0.25) is 0 Å². The molecule has 0 amide bonds. The second kappa shape index (κ2) is 7.52. The van der Waals surface area contributed by atoms with Crippen LogP contribution in [0, 0.1) is 19.3 Å². The number of aryl methyl sites for hydroxylation is 1. The van der Waals surface area contributed by atoms with Crippen molar-refractivity contribution >= 4 is 5.71 Å². The Morgan fingerprint density at radius 3 is 2.56 bits per heavy atom. The number of nitrogens with zero attached hydrogens (tertiary/aromatic N) is 1. The molecule has 0 aromatic heterocycles. The molecule has 3 heteroatoms. The Morgan fingerprint density at radius 2 is 2.00 bits per heavy atom. The lowest BCUT2D eigenvalue weighted by molar-refractivity contribution is 0.106. The third kappa shape index (κ3) is 5.03. The number of hydrogen-bond donors (Lipinski definition) is 0. The first-order chi connectivity index (χ1) is 8.63. The van der Waals surface area contributed by atoms with Gasteiger partial charge >= 0.3 is 0 Å². The van der Waals surface area contributed by atoms with Crippen molar-refractivity contribution < 1.29 is 9.57 Å². The number of terminal acetylenes is 1. The van der Waals surface area contributed by atoms with E-state index in [1.165, 1.54) is 5.56 Å². The maximum absolute atomic E-state index is 5.56. The lowest BCUT2D eigenvalue weighted by Gasteiger charge is -2.10. The van der Waals surface area contributed by atoms with Gasteiger partial charge in [-0.05, 0) is 20.8 Å². The second-order valence-corrected chi connectivity index (χ2v) is 4.24. The summed E-state index contributed by atoms with van der Waals surface area (Å²) < 4.78 is 5.56. The minimum atomic E-state index is 0.147. The van der Waals surface area contributed by atoms with E-state index in [1.807, 2.05) is 45.0 Å². The lowest BCUT2D eigenvalue weighted by atomic mass is 10.1. The molecule has 1 rings (SSSR count). The molecule has 0 fully saturated rings. The van der Waals surface area contributed by atoms with Gasteiger partial charge in [-0.3, -0.25) is 0 Å².